The van der Waals surface area contributed by atoms with E-state index in [0.717, 1.165) is 34.2 Å². The van der Waals surface area contributed by atoms with Crippen LogP contribution in [0.25, 0.3) is 11.0 Å². The Morgan fingerprint density at radius 1 is 1.32 bits per heavy atom. The number of hydrogen-bond donors (Lipinski definition) is 1. The maximum Gasteiger partial charge on any atom is 0.130 e. The van der Waals surface area contributed by atoms with E-state index < -0.39 is 0 Å². The van der Waals surface area contributed by atoms with Gasteiger partial charge in [0, 0.05) is 10.5 Å². The molecule has 2 aromatic rings. The van der Waals surface area contributed by atoms with Crippen molar-refractivity contribution in [3.05, 3.63) is 28.5 Å². The molecule has 2 N–H and O–H groups in total. The predicted molar refractivity (Wildman–Crippen MR) is 84.3 cm³/mol. The van der Waals surface area contributed by atoms with E-state index in [4.69, 9.17) is 10.7 Å². The van der Waals surface area contributed by atoms with E-state index in [1.165, 1.54) is 0 Å². The van der Waals surface area contributed by atoms with Gasteiger partial charge in [0.05, 0.1) is 16.6 Å². The lowest BCUT2D eigenvalue weighted by Crippen LogP contribution is -2.38. The van der Waals surface area contributed by atoms with E-state index in [0.29, 0.717) is 6.04 Å². The van der Waals surface area contributed by atoms with Gasteiger partial charge in [-0.25, -0.2) is 4.98 Å². The highest BCUT2D eigenvalue weighted by Gasteiger charge is 2.30. The molecular weight excluding hydrogens is 302 g/mol. The minimum atomic E-state index is -0.351. The Morgan fingerprint density at radius 2 is 1.95 bits per heavy atom. The average molecular weight is 324 g/mol. The summed E-state index contributed by atoms with van der Waals surface area (Å²) in [4.78, 5) is 4.82. The van der Waals surface area contributed by atoms with Gasteiger partial charge in [-0.1, -0.05) is 29.8 Å². The van der Waals surface area contributed by atoms with Crippen molar-refractivity contribution in [1.82, 2.24) is 9.55 Å². The number of hydrogen-bond acceptors (Lipinski definition) is 2. The van der Waals surface area contributed by atoms with Gasteiger partial charge >= 0.3 is 0 Å². The van der Waals surface area contributed by atoms with Crippen molar-refractivity contribution in [2.45, 2.75) is 52.1 Å². The van der Waals surface area contributed by atoms with Crippen LogP contribution in [0, 0.1) is 0 Å². The smallest absolute Gasteiger partial charge is 0.130 e. The molecule has 1 heterocycles. The number of nitrogens with two attached hydrogens (primary N) is 1. The van der Waals surface area contributed by atoms with Crippen molar-refractivity contribution < 1.29 is 0 Å². The molecule has 3 nitrogen and oxygen atoms in total. The topological polar surface area (TPSA) is 43.8 Å². The zero-order chi connectivity index (χ0) is 14.2. The molecule has 1 aromatic heterocycles. The van der Waals surface area contributed by atoms with Crippen molar-refractivity contribution in [2.24, 2.45) is 5.73 Å². The minimum absolute atomic E-state index is 0.349. The van der Waals surface area contributed by atoms with E-state index in [1.54, 1.807) is 0 Å². The maximum absolute atomic E-state index is 6.56. The minimum Gasteiger partial charge on any atom is -0.324 e. The molecule has 1 aromatic carbocycles. The fourth-order valence-electron chi connectivity index (χ4n) is 2.51. The van der Waals surface area contributed by atoms with Crippen molar-refractivity contribution in [1.29, 1.82) is 0 Å². The molecule has 104 valence electrons. The number of halogens is 1. The quantitative estimate of drug-likeness (QED) is 0.908. The summed E-state index contributed by atoms with van der Waals surface area (Å²) in [6, 6.07) is 6.58. The van der Waals surface area contributed by atoms with Crippen LogP contribution in [-0.4, -0.2) is 9.55 Å². The molecule has 0 spiro atoms. The average Bonchev–Trinajstić information content (AvgIpc) is 2.76. The first-order valence-corrected chi connectivity index (χ1v) is 7.69. The number of rotatable bonds is 4. The van der Waals surface area contributed by atoms with E-state index in [-0.39, 0.29) is 5.54 Å². The summed E-state index contributed by atoms with van der Waals surface area (Å²) in [6.45, 7) is 8.61. The Hall–Kier alpha value is -0.870. The first-order chi connectivity index (χ1) is 8.92. The van der Waals surface area contributed by atoms with Gasteiger partial charge in [0.1, 0.15) is 5.82 Å². The van der Waals surface area contributed by atoms with Crippen LogP contribution >= 0.6 is 15.9 Å². The molecule has 2 rings (SSSR count). The summed E-state index contributed by atoms with van der Waals surface area (Å²) in [6.07, 6.45) is 1.78. The second-order valence-electron chi connectivity index (χ2n) is 5.40. The number of imidazole rings is 1. The third kappa shape index (κ3) is 2.43. The molecule has 4 heteroatoms. The highest BCUT2D eigenvalue weighted by Crippen LogP contribution is 2.32. The second kappa shape index (κ2) is 5.25. The van der Waals surface area contributed by atoms with Gasteiger partial charge in [-0.2, -0.15) is 0 Å². The normalized spacial score (nSPS) is 12.6. The van der Waals surface area contributed by atoms with Crippen molar-refractivity contribution in [3.8, 4) is 0 Å². The predicted octanol–water partition coefficient (Wildman–Crippen LogP) is 4.35. The van der Waals surface area contributed by atoms with Crippen molar-refractivity contribution in [3.63, 3.8) is 0 Å². The van der Waals surface area contributed by atoms with E-state index in [2.05, 4.69) is 66.4 Å². The molecule has 0 aliphatic rings. The third-order valence-corrected chi connectivity index (χ3v) is 4.37. The van der Waals surface area contributed by atoms with Crippen LogP contribution in [0.15, 0.2) is 22.7 Å². The zero-order valence-corrected chi connectivity index (χ0v) is 13.7. The first kappa shape index (κ1) is 14.5. The second-order valence-corrected chi connectivity index (χ2v) is 6.31. The SMILES string of the molecule is CCC(N)(CC)c1nc2cc(Br)ccc2n1C(C)C. The fraction of sp³-hybridized carbons (Fsp3) is 0.533. The molecule has 0 saturated carbocycles. The lowest BCUT2D eigenvalue weighted by atomic mass is 9.93. The molecule has 0 atom stereocenters. The van der Waals surface area contributed by atoms with Crippen LogP contribution in [0.3, 0.4) is 0 Å². The molecule has 0 fully saturated rings. The van der Waals surface area contributed by atoms with Crippen LogP contribution in [0.1, 0.15) is 52.4 Å². The Labute approximate surface area is 123 Å². The highest BCUT2D eigenvalue weighted by atomic mass is 79.9. The molecule has 0 bridgehead atoms. The molecule has 0 radical (unpaired) electrons. The van der Waals surface area contributed by atoms with E-state index in [9.17, 15) is 0 Å². The Kier molecular flexibility index (Phi) is 4.02. The largest absolute Gasteiger partial charge is 0.324 e. The third-order valence-electron chi connectivity index (χ3n) is 3.88. The maximum atomic E-state index is 6.56. The van der Waals surface area contributed by atoms with Crippen LogP contribution in [0.5, 0.6) is 0 Å². The molecule has 0 aliphatic heterocycles. The van der Waals surface area contributed by atoms with Crippen molar-refractivity contribution in [2.75, 3.05) is 0 Å². The summed E-state index contributed by atoms with van der Waals surface area (Å²) in [5.41, 5.74) is 8.38. The van der Waals surface area contributed by atoms with Gasteiger partial charge in [0.25, 0.3) is 0 Å². The first-order valence-electron chi connectivity index (χ1n) is 6.89. The molecule has 0 saturated heterocycles. The van der Waals surface area contributed by atoms with Crippen LogP contribution in [0.2, 0.25) is 0 Å². The fourth-order valence-corrected chi connectivity index (χ4v) is 2.86. The molecule has 0 unspecified atom stereocenters. The monoisotopic (exact) mass is 323 g/mol. The lowest BCUT2D eigenvalue weighted by Gasteiger charge is -2.28. The highest BCUT2D eigenvalue weighted by molar-refractivity contribution is 9.10. The molecule has 0 aliphatic carbocycles. The number of nitrogens with zero attached hydrogens (tertiary/aromatic N) is 2. The van der Waals surface area contributed by atoms with Gasteiger partial charge < -0.3 is 10.3 Å². The van der Waals surface area contributed by atoms with Gasteiger partial charge in [-0.3, -0.25) is 0 Å². The number of aromatic nitrogens is 2. The Bertz CT molecular complexity index is 582. The summed E-state index contributed by atoms with van der Waals surface area (Å²) in [5.74, 6) is 1.00. The van der Waals surface area contributed by atoms with Crippen molar-refractivity contribution >= 4 is 27.0 Å². The summed E-state index contributed by atoms with van der Waals surface area (Å²) >= 11 is 3.51. The van der Waals surface area contributed by atoms with Crippen LogP contribution < -0.4 is 5.73 Å². The van der Waals surface area contributed by atoms with Gasteiger partial charge in [-0.05, 0) is 44.9 Å². The summed E-state index contributed by atoms with van der Waals surface area (Å²) in [7, 11) is 0. The lowest BCUT2D eigenvalue weighted by molar-refractivity contribution is 0.362. The molecule has 0 amide bonds. The molecular formula is C15H22BrN3. The van der Waals surface area contributed by atoms with E-state index in [1.807, 2.05) is 0 Å². The van der Waals surface area contributed by atoms with Gasteiger partial charge in [0.2, 0.25) is 0 Å². The summed E-state index contributed by atoms with van der Waals surface area (Å²) < 4.78 is 3.32. The molecule has 19 heavy (non-hydrogen) atoms. The van der Waals surface area contributed by atoms with E-state index >= 15 is 0 Å². The summed E-state index contributed by atoms with van der Waals surface area (Å²) in [5, 5.41) is 0. The van der Waals surface area contributed by atoms with Crippen LogP contribution in [0.4, 0.5) is 0 Å². The van der Waals surface area contributed by atoms with Gasteiger partial charge in [-0.15, -0.1) is 0 Å². The number of fused-ring (bicyclic) bond motifs is 1. The van der Waals surface area contributed by atoms with Crippen LogP contribution in [-0.2, 0) is 5.54 Å². The Balaban J connectivity index is 2.76. The Morgan fingerprint density at radius 3 is 2.47 bits per heavy atom. The standard InChI is InChI=1S/C15H22BrN3/c1-5-15(17,6-2)14-18-12-9-11(16)7-8-13(12)19(14)10(3)4/h7-10H,5-6,17H2,1-4H3. The number of benzene rings is 1. The van der Waals surface area contributed by atoms with Gasteiger partial charge in [0.15, 0.2) is 0 Å². The zero-order valence-electron chi connectivity index (χ0n) is 12.1.